The number of carbonyl (C=O) groups excluding carboxylic acids is 1. The van der Waals surface area contributed by atoms with Gasteiger partial charge in [-0.15, -0.1) is 0 Å². The summed E-state index contributed by atoms with van der Waals surface area (Å²) in [5.41, 5.74) is 3.76. The van der Waals surface area contributed by atoms with Crippen LogP contribution in [0.15, 0.2) is 42.5 Å². The summed E-state index contributed by atoms with van der Waals surface area (Å²) in [7, 11) is 0. The predicted octanol–water partition coefficient (Wildman–Crippen LogP) is 2.78. The minimum atomic E-state index is -0.760. The Morgan fingerprint density at radius 1 is 1.17 bits per heavy atom. The van der Waals surface area contributed by atoms with E-state index in [-0.39, 0.29) is 19.1 Å². The number of carbonyl (C=O) groups is 1. The zero-order valence-electron chi connectivity index (χ0n) is 13.8. The van der Waals surface area contributed by atoms with Gasteiger partial charge >= 0.3 is 0 Å². The second kappa shape index (κ2) is 7.79. The molecule has 23 heavy (non-hydrogen) atoms. The highest BCUT2D eigenvalue weighted by molar-refractivity contribution is 5.95. The van der Waals surface area contributed by atoms with Crippen molar-refractivity contribution in [3.8, 4) is 5.75 Å². The smallest absolute Gasteiger partial charge is 0.251 e. The van der Waals surface area contributed by atoms with Gasteiger partial charge in [0.1, 0.15) is 18.5 Å². The number of aliphatic hydroxyl groups is 1. The van der Waals surface area contributed by atoms with Crippen LogP contribution in [-0.4, -0.2) is 30.3 Å². The lowest BCUT2D eigenvalue weighted by molar-refractivity contribution is 0.0843. The summed E-state index contributed by atoms with van der Waals surface area (Å²) in [5, 5.41) is 12.7. The normalized spacial score (nSPS) is 11.8. The van der Waals surface area contributed by atoms with Gasteiger partial charge in [-0.3, -0.25) is 4.79 Å². The molecule has 2 rings (SSSR count). The molecule has 0 aliphatic carbocycles. The molecule has 0 radical (unpaired) electrons. The van der Waals surface area contributed by atoms with E-state index in [1.165, 1.54) is 0 Å². The number of hydrogen-bond donors (Lipinski definition) is 2. The monoisotopic (exact) mass is 313 g/mol. The van der Waals surface area contributed by atoms with E-state index in [0.717, 1.165) is 16.7 Å². The van der Waals surface area contributed by atoms with E-state index in [4.69, 9.17) is 4.74 Å². The highest BCUT2D eigenvalue weighted by Gasteiger charge is 2.12. The number of amides is 1. The lowest BCUT2D eigenvalue weighted by atomic mass is 10.0. The molecule has 2 aromatic rings. The molecular formula is C19H23NO3. The Morgan fingerprint density at radius 3 is 2.65 bits per heavy atom. The number of rotatable bonds is 6. The maximum absolute atomic E-state index is 12.2. The summed E-state index contributed by atoms with van der Waals surface area (Å²) >= 11 is 0. The summed E-state index contributed by atoms with van der Waals surface area (Å²) in [6.45, 7) is 6.15. The van der Waals surface area contributed by atoms with Crippen LogP contribution in [-0.2, 0) is 0 Å². The van der Waals surface area contributed by atoms with Crippen molar-refractivity contribution in [3.05, 3.63) is 64.7 Å². The zero-order chi connectivity index (χ0) is 16.8. The van der Waals surface area contributed by atoms with Crippen molar-refractivity contribution in [2.24, 2.45) is 0 Å². The number of aliphatic hydroxyl groups excluding tert-OH is 1. The molecule has 0 aliphatic rings. The number of ether oxygens (including phenoxy) is 1. The van der Waals surface area contributed by atoms with Crippen molar-refractivity contribution in [1.29, 1.82) is 0 Å². The van der Waals surface area contributed by atoms with Gasteiger partial charge < -0.3 is 15.2 Å². The molecule has 2 aromatic carbocycles. The third-order valence-electron chi connectivity index (χ3n) is 3.78. The second-order valence-electron chi connectivity index (χ2n) is 5.74. The fourth-order valence-corrected chi connectivity index (χ4v) is 2.26. The van der Waals surface area contributed by atoms with Crippen molar-refractivity contribution in [2.75, 3.05) is 13.2 Å². The third kappa shape index (κ3) is 4.83. The molecule has 4 nitrogen and oxygen atoms in total. The van der Waals surface area contributed by atoms with E-state index in [0.29, 0.717) is 11.3 Å². The molecular weight excluding hydrogens is 290 g/mol. The number of benzene rings is 2. The van der Waals surface area contributed by atoms with Gasteiger partial charge in [-0.2, -0.15) is 0 Å². The first-order chi connectivity index (χ1) is 11.0. The average Bonchev–Trinajstić information content (AvgIpc) is 2.53. The molecule has 0 bridgehead atoms. The molecule has 1 amide bonds. The minimum absolute atomic E-state index is 0.135. The van der Waals surface area contributed by atoms with Crippen LogP contribution >= 0.6 is 0 Å². The van der Waals surface area contributed by atoms with Gasteiger partial charge in [0.05, 0.1) is 0 Å². The van der Waals surface area contributed by atoms with Gasteiger partial charge in [-0.1, -0.05) is 24.3 Å². The van der Waals surface area contributed by atoms with Crippen LogP contribution in [0.4, 0.5) is 0 Å². The van der Waals surface area contributed by atoms with Crippen LogP contribution in [0, 0.1) is 20.8 Å². The summed E-state index contributed by atoms with van der Waals surface area (Å²) in [6.07, 6.45) is -0.760. The van der Waals surface area contributed by atoms with Gasteiger partial charge in [-0.05, 0) is 55.7 Å². The van der Waals surface area contributed by atoms with Gasteiger partial charge in [0.25, 0.3) is 5.91 Å². The van der Waals surface area contributed by atoms with E-state index >= 15 is 0 Å². The van der Waals surface area contributed by atoms with E-state index in [9.17, 15) is 9.90 Å². The fourth-order valence-electron chi connectivity index (χ4n) is 2.26. The van der Waals surface area contributed by atoms with Crippen LogP contribution in [0.25, 0.3) is 0 Å². The van der Waals surface area contributed by atoms with Crippen LogP contribution < -0.4 is 10.1 Å². The average molecular weight is 313 g/mol. The van der Waals surface area contributed by atoms with Crippen LogP contribution in [0.2, 0.25) is 0 Å². The molecule has 4 heteroatoms. The Hall–Kier alpha value is -2.33. The fraction of sp³-hybridized carbons (Fsp3) is 0.316. The van der Waals surface area contributed by atoms with Gasteiger partial charge in [0, 0.05) is 12.1 Å². The number of hydrogen-bond acceptors (Lipinski definition) is 3. The lowest BCUT2D eigenvalue weighted by Crippen LogP contribution is -2.35. The summed E-state index contributed by atoms with van der Waals surface area (Å²) < 4.78 is 5.53. The molecule has 1 atom stereocenters. The first-order valence-electron chi connectivity index (χ1n) is 7.69. The maximum atomic E-state index is 12.2. The molecule has 0 aromatic heterocycles. The Kier molecular flexibility index (Phi) is 5.77. The van der Waals surface area contributed by atoms with E-state index in [2.05, 4.69) is 5.32 Å². The third-order valence-corrected chi connectivity index (χ3v) is 3.78. The maximum Gasteiger partial charge on any atom is 0.251 e. The molecule has 2 N–H and O–H groups in total. The lowest BCUT2D eigenvalue weighted by Gasteiger charge is -2.14. The predicted molar refractivity (Wildman–Crippen MR) is 90.9 cm³/mol. The molecule has 0 aliphatic heterocycles. The molecule has 0 heterocycles. The number of nitrogens with one attached hydrogen (secondary N) is 1. The van der Waals surface area contributed by atoms with Crippen LogP contribution in [0.1, 0.15) is 27.0 Å². The first-order valence-corrected chi connectivity index (χ1v) is 7.69. The summed E-state index contributed by atoms with van der Waals surface area (Å²) in [5.74, 6) is 0.533. The highest BCUT2D eigenvalue weighted by atomic mass is 16.5. The molecule has 0 fully saturated rings. The van der Waals surface area contributed by atoms with Crippen molar-refractivity contribution in [1.82, 2.24) is 5.32 Å². The molecule has 0 spiro atoms. The Morgan fingerprint density at radius 2 is 1.91 bits per heavy atom. The van der Waals surface area contributed by atoms with Gasteiger partial charge in [0.15, 0.2) is 0 Å². The Bertz CT molecular complexity index is 682. The molecule has 0 saturated carbocycles. The van der Waals surface area contributed by atoms with Crippen molar-refractivity contribution in [2.45, 2.75) is 26.9 Å². The quantitative estimate of drug-likeness (QED) is 0.862. The van der Waals surface area contributed by atoms with Gasteiger partial charge in [-0.25, -0.2) is 0 Å². The highest BCUT2D eigenvalue weighted by Crippen LogP contribution is 2.13. The first kappa shape index (κ1) is 17.0. The van der Waals surface area contributed by atoms with E-state index in [1.54, 1.807) is 6.07 Å². The Balaban J connectivity index is 1.83. The molecule has 122 valence electrons. The van der Waals surface area contributed by atoms with Crippen molar-refractivity contribution in [3.63, 3.8) is 0 Å². The summed E-state index contributed by atoms with van der Waals surface area (Å²) in [6, 6.07) is 13.2. The topological polar surface area (TPSA) is 58.6 Å². The van der Waals surface area contributed by atoms with Gasteiger partial charge in [0.2, 0.25) is 0 Å². The number of aryl methyl sites for hydroxylation is 2. The van der Waals surface area contributed by atoms with Crippen molar-refractivity contribution < 1.29 is 14.6 Å². The van der Waals surface area contributed by atoms with Crippen LogP contribution in [0.5, 0.6) is 5.75 Å². The Labute approximate surface area is 137 Å². The summed E-state index contributed by atoms with van der Waals surface area (Å²) in [4.78, 5) is 12.2. The SMILES string of the molecule is Cc1cccc(OCC(O)CNC(=O)c2cccc(C)c2C)c1. The molecule has 1 unspecified atom stereocenters. The van der Waals surface area contributed by atoms with Crippen molar-refractivity contribution >= 4 is 5.91 Å². The minimum Gasteiger partial charge on any atom is -0.491 e. The molecule has 0 saturated heterocycles. The second-order valence-corrected chi connectivity index (χ2v) is 5.74. The van der Waals surface area contributed by atoms with Crippen LogP contribution in [0.3, 0.4) is 0 Å². The zero-order valence-corrected chi connectivity index (χ0v) is 13.8. The van der Waals surface area contributed by atoms with E-state index < -0.39 is 6.10 Å². The standard InChI is InChI=1S/C19H23NO3/c1-13-6-4-8-17(10-13)23-12-16(21)11-20-19(22)18-9-5-7-14(2)15(18)3/h4-10,16,21H,11-12H2,1-3H3,(H,20,22). The van der Waals surface area contributed by atoms with E-state index in [1.807, 2.05) is 57.2 Å². The largest absolute Gasteiger partial charge is 0.491 e.